The number of rotatable bonds is 8. The Labute approximate surface area is 166 Å². The van der Waals surface area contributed by atoms with Crippen LogP contribution < -0.4 is 10.5 Å². The van der Waals surface area contributed by atoms with E-state index in [0.29, 0.717) is 24.2 Å². The first-order chi connectivity index (χ1) is 13.5. The number of nitrogens with zero attached hydrogens (tertiary/aromatic N) is 2. The molecule has 0 saturated carbocycles. The van der Waals surface area contributed by atoms with Gasteiger partial charge in [-0.15, -0.1) is 0 Å². The summed E-state index contributed by atoms with van der Waals surface area (Å²) in [5, 5.41) is 0. The number of ether oxygens (including phenoxy) is 1. The minimum absolute atomic E-state index is 0.00618. The summed E-state index contributed by atoms with van der Waals surface area (Å²) < 4.78 is 7.86. The number of ketones is 1. The van der Waals surface area contributed by atoms with Crippen LogP contribution in [0.3, 0.4) is 0 Å². The van der Waals surface area contributed by atoms with Crippen molar-refractivity contribution in [2.75, 3.05) is 26.2 Å². The second-order valence-electron chi connectivity index (χ2n) is 7.10. The number of hydrogen-bond acceptors (Lipinski definition) is 4. The van der Waals surface area contributed by atoms with Crippen LogP contribution >= 0.6 is 0 Å². The van der Waals surface area contributed by atoms with Gasteiger partial charge in [0.15, 0.2) is 5.78 Å². The molecule has 6 nitrogen and oxygen atoms in total. The van der Waals surface area contributed by atoms with E-state index in [1.54, 1.807) is 6.20 Å². The Bertz CT molecular complexity index is 853. The number of carbonyl (C=O) groups is 2. The first-order valence-electron chi connectivity index (χ1n) is 10.1. The van der Waals surface area contributed by atoms with Crippen LogP contribution in [0.5, 0.6) is 5.75 Å². The fourth-order valence-corrected chi connectivity index (χ4v) is 3.78. The minimum Gasteiger partial charge on any atom is -0.492 e. The van der Waals surface area contributed by atoms with Crippen molar-refractivity contribution in [3.63, 3.8) is 0 Å². The molecule has 28 heavy (non-hydrogen) atoms. The highest BCUT2D eigenvalue weighted by atomic mass is 16.5. The Kier molecular flexibility index (Phi) is 6.52. The van der Waals surface area contributed by atoms with Crippen molar-refractivity contribution in [2.24, 2.45) is 5.73 Å². The van der Waals surface area contributed by atoms with E-state index in [9.17, 15) is 9.59 Å². The minimum atomic E-state index is -0.558. The van der Waals surface area contributed by atoms with Gasteiger partial charge in [0.25, 0.3) is 5.91 Å². The first kappa shape index (κ1) is 20.1. The van der Waals surface area contributed by atoms with Crippen LogP contribution in [-0.2, 0) is 6.42 Å². The van der Waals surface area contributed by atoms with Crippen LogP contribution in [0.4, 0.5) is 0 Å². The molecule has 3 rings (SSSR count). The topological polar surface area (TPSA) is 77.6 Å². The molecule has 1 aliphatic rings. The Morgan fingerprint density at radius 2 is 1.96 bits per heavy atom. The highest BCUT2D eigenvalue weighted by Gasteiger charge is 2.26. The largest absolute Gasteiger partial charge is 0.492 e. The van der Waals surface area contributed by atoms with Crippen LogP contribution in [0.2, 0.25) is 0 Å². The number of primary amides is 1. The number of benzene rings is 1. The average molecular weight is 383 g/mol. The van der Waals surface area contributed by atoms with E-state index in [4.69, 9.17) is 10.5 Å². The van der Waals surface area contributed by atoms with Gasteiger partial charge in [0.05, 0.1) is 11.1 Å². The Balaban J connectivity index is 1.89. The second-order valence-corrected chi connectivity index (χ2v) is 7.10. The molecule has 1 aromatic carbocycles. The molecule has 150 valence electrons. The van der Waals surface area contributed by atoms with Gasteiger partial charge in [-0.2, -0.15) is 0 Å². The van der Waals surface area contributed by atoms with Gasteiger partial charge in [-0.3, -0.25) is 9.59 Å². The zero-order valence-corrected chi connectivity index (χ0v) is 16.7. The van der Waals surface area contributed by atoms with Crippen molar-refractivity contribution in [3.8, 4) is 11.4 Å². The maximum absolute atomic E-state index is 12.6. The SMILES string of the molecule is CCN(CC)CCOc1cccc(-n2cc(C(N)=O)c3c2CCCCC3=O)c1. The maximum Gasteiger partial charge on any atom is 0.251 e. The van der Waals surface area contributed by atoms with E-state index in [2.05, 4.69) is 18.7 Å². The molecule has 0 atom stereocenters. The maximum atomic E-state index is 12.6. The Hall–Kier alpha value is -2.60. The van der Waals surface area contributed by atoms with Crippen molar-refractivity contribution < 1.29 is 14.3 Å². The summed E-state index contributed by atoms with van der Waals surface area (Å²) in [7, 11) is 0. The van der Waals surface area contributed by atoms with Gasteiger partial charge in [0.2, 0.25) is 0 Å². The number of carbonyl (C=O) groups excluding carboxylic acids is 2. The van der Waals surface area contributed by atoms with E-state index in [-0.39, 0.29) is 5.78 Å². The fourth-order valence-electron chi connectivity index (χ4n) is 3.78. The van der Waals surface area contributed by atoms with Gasteiger partial charge in [-0.05, 0) is 44.5 Å². The van der Waals surface area contributed by atoms with E-state index in [1.165, 1.54) is 0 Å². The van der Waals surface area contributed by atoms with Gasteiger partial charge >= 0.3 is 0 Å². The summed E-state index contributed by atoms with van der Waals surface area (Å²) >= 11 is 0. The number of fused-ring (bicyclic) bond motifs is 1. The highest BCUT2D eigenvalue weighted by molar-refractivity contribution is 6.09. The van der Waals surface area contributed by atoms with Crippen LogP contribution in [0, 0.1) is 0 Å². The lowest BCUT2D eigenvalue weighted by molar-refractivity contribution is 0.0958. The molecule has 0 fully saturated rings. The second kappa shape index (κ2) is 9.06. The molecule has 0 radical (unpaired) electrons. The smallest absolute Gasteiger partial charge is 0.251 e. The molecule has 1 amide bonds. The van der Waals surface area contributed by atoms with E-state index < -0.39 is 5.91 Å². The van der Waals surface area contributed by atoms with Gasteiger partial charge < -0.3 is 19.9 Å². The summed E-state index contributed by atoms with van der Waals surface area (Å²) in [6, 6.07) is 7.76. The molecule has 1 aliphatic carbocycles. The molecule has 2 aromatic rings. The number of likely N-dealkylation sites (N-methyl/N-ethyl adjacent to an activating group) is 1. The van der Waals surface area contributed by atoms with Gasteiger partial charge in [0, 0.05) is 36.6 Å². The molecule has 1 aromatic heterocycles. The molecule has 0 aliphatic heterocycles. The van der Waals surface area contributed by atoms with Crippen molar-refractivity contribution in [1.29, 1.82) is 0 Å². The molecular weight excluding hydrogens is 354 g/mol. The van der Waals surface area contributed by atoms with E-state index in [0.717, 1.165) is 56.0 Å². The molecule has 0 saturated heterocycles. The average Bonchev–Trinajstić information content (AvgIpc) is 2.99. The molecule has 2 N–H and O–H groups in total. The van der Waals surface area contributed by atoms with E-state index in [1.807, 2.05) is 28.8 Å². The number of hydrogen-bond donors (Lipinski definition) is 1. The lowest BCUT2D eigenvalue weighted by Gasteiger charge is -2.18. The van der Waals surface area contributed by atoms with Crippen LogP contribution in [0.1, 0.15) is 59.5 Å². The summed E-state index contributed by atoms with van der Waals surface area (Å²) in [5.74, 6) is 0.219. The predicted octanol–water partition coefficient (Wildman–Crippen LogP) is 3.21. The predicted molar refractivity (Wildman–Crippen MR) is 109 cm³/mol. The van der Waals surface area contributed by atoms with Crippen molar-refractivity contribution >= 4 is 11.7 Å². The lowest BCUT2D eigenvalue weighted by atomic mass is 10.0. The normalized spacial score (nSPS) is 14.0. The van der Waals surface area contributed by atoms with E-state index >= 15 is 0 Å². The summed E-state index contributed by atoms with van der Waals surface area (Å²) in [5.41, 5.74) is 8.12. The summed E-state index contributed by atoms with van der Waals surface area (Å²) in [6.07, 6.45) is 4.67. The van der Waals surface area contributed by atoms with Crippen LogP contribution in [0.25, 0.3) is 5.69 Å². The van der Waals surface area contributed by atoms with Crippen LogP contribution in [0.15, 0.2) is 30.5 Å². The summed E-state index contributed by atoms with van der Waals surface area (Å²) in [4.78, 5) is 26.8. The van der Waals surface area contributed by atoms with Crippen molar-refractivity contribution in [1.82, 2.24) is 9.47 Å². The third kappa shape index (κ3) is 4.28. The monoisotopic (exact) mass is 383 g/mol. The molecule has 0 unspecified atom stereocenters. The zero-order valence-electron chi connectivity index (χ0n) is 16.7. The van der Waals surface area contributed by atoms with Gasteiger partial charge in [-0.25, -0.2) is 0 Å². The number of amides is 1. The number of nitrogens with two attached hydrogens (primary N) is 1. The molecular formula is C22H29N3O3. The molecule has 6 heteroatoms. The van der Waals surface area contributed by atoms with Crippen molar-refractivity contribution in [3.05, 3.63) is 47.3 Å². The quantitative estimate of drug-likeness (QED) is 0.710. The highest BCUT2D eigenvalue weighted by Crippen LogP contribution is 2.29. The molecule has 0 bridgehead atoms. The standard InChI is InChI=1S/C22H29N3O3/c1-3-24(4-2)12-13-28-17-9-7-8-16(14-17)25-15-18(22(23)27)21-19(25)10-5-6-11-20(21)26/h7-9,14-15H,3-6,10-13H2,1-2H3,(H2,23,27). The lowest BCUT2D eigenvalue weighted by Crippen LogP contribution is -2.27. The summed E-state index contributed by atoms with van der Waals surface area (Å²) in [6.45, 7) is 7.76. The Morgan fingerprint density at radius 1 is 1.21 bits per heavy atom. The third-order valence-electron chi connectivity index (χ3n) is 5.39. The number of Topliss-reactive ketones (excluding diaryl/α,β-unsaturated/α-hetero) is 1. The fraction of sp³-hybridized carbons (Fsp3) is 0.455. The third-order valence-corrected chi connectivity index (χ3v) is 5.39. The van der Waals surface area contributed by atoms with Crippen LogP contribution in [-0.4, -0.2) is 47.4 Å². The molecule has 1 heterocycles. The zero-order chi connectivity index (χ0) is 20.1. The first-order valence-corrected chi connectivity index (χ1v) is 10.1. The van der Waals surface area contributed by atoms with Gasteiger partial charge in [0.1, 0.15) is 12.4 Å². The Morgan fingerprint density at radius 3 is 2.68 bits per heavy atom. The number of aromatic nitrogens is 1. The molecule has 0 spiro atoms. The van der Waals surface area contributed by atoms with Crippen molar-refractivity contribution in [2.45, 2.75) is 39.5 Å². The van der Waals surface area contributed by atoms with Gasteiger partial charge in [-0.1, -0.05) is 19.9 Å².